The van der Waals surface area contributed by atoms with Gasteiger partial charge in [-0.25, -0.2) is 4.68 Å². The minimum Gasteiger partial charge on any atom is -0.497 e. The van der Waals surface area contributed by atoms with Crippen LogP contribution in [0.25, 0.3) is 5.69 Å². The summed E-state index contributed by atoms with van der Waals surface area (Å²) < 4.78 is 7.02. The monoisotopic (exact) mass is 347 g/mol. The molecule has 1 amide bonds. The standard InChI is InChI=1S/C21H21N3O2/c1-3-19-18-13-14-23(15-7-5-4-6-8-15)21(25)20(18)24(22-19)16-9-11-17(26-2)12-10-16/h4-12H,3,13-14H2,1-2H3. The highest BCUT2D eigenvalue weighted by Crippen LogP contribution is 2.29. The van der Waals surface area contributed by atoms with Crippen molar-refractivity contribution in [1.82, 2.24) is 9.78 Å². The van der Waals surface area contributed by atoms with Crippen molar-refractivity contribution in [2.24, 2.45) is 0 Å². The number of nitrogens with zero attached hydrogens (tertiary/aromatic N) is 3. The maximum absolute atomic E-state index is 13.3. The molecule has 26 heavy (non-hydrogen) atoms. The van der Waals surface area contributed by atoms with Crippen molar-refractivity contribution in [3.05, 3.63) is 71.5 Å². The van der Waals surface area contributed by atoms with Crippen LogP contribution in [0.15, 0.2) is 54.6 Å². The third-order valence-corrected chi connectivity index (χ3v) is 4.82. The summed E-state index contributed by atoms with van der Waals surface area (Å²) in [6.07, 6.45) is 1.62. The largest absolute Gasteiger partial charge is 0.497 e. The molecule has 5 nitrogen and oxygen atoms in total. The number of rotatable bonds is 4. The fourth-order valence-electron chi connectivity index (χ4n) is 3.48. The van der Waals surface area contributed by atoms with Crippen LogP contribution in [-0.2, 0) is 12.8 Å². The van der Waals surface area contributed by atoms with Gasteiger partial charge in [-0.3, -0.25) is 4.79 Å². The summed E-state index contributed by atoms with van der Waals surface area (Å²) in [5.41, 5.74) is 4.52. The summed E-state index contributed by atoms with van der Waals surface area (Å²) in [6, 6.07) is 17.4. The van der Waals surface area contributed by atoms with Gasteiger partial charge in [0.1, 0.15) is 11.4 Å². The van der Waals surface area contributed by atoms with Crippen molar-refractivity contribution in [3.63, 3.8) is 0 Å². The summed E-state index contributed by atoms with van der Waals surface area (Å²) in [6.45, 7) is 2.76. The van der Waals surface area contributed by atoms with Crippen LogP contribution in [-0.4, -0.2) is 29.3 Å². The predicted octanol–water partition coefficient (Wildman–Crippen LogP) is 3.65. The van der Waals surface area contributed by atoms with Crippen LogP contribution >= 0.6 is 0 Å². The molecule has 0 radical (unpaired) electrons. The first-order valence-corrected chi connectivity index (χ1v) is 8.85. The van der Waals surface area contributed by atoms with E-state index >= 15 is 0 Å². The van der Waals surface area contributed by atoms with Gasteiger partial charge in [-0.1, -0.05) is 25.1 Å². The zero-order chi connectivity index (χ0) is 18.1. The minimum atomic E-state index is 0.000433. The Morgan fingerprint density at radius 3 is 2.42 bits per heavy atom. The Morgan fingerprint density at radius 1 is 1.04 bits per heavy atom. The molecule has 0 spiro atoms. The van der Waals surface area contributed by atoms with Gasteiger partial charge in [-0.2, -0.15) is 5.10 Å². The van der Waals surface area contributed by atoms with Gasteiger partial charge in [-0.15, -0.1) is 0 Å². The molecule has 2 heterocycles. The first kappa shape index (κ1) is 16.4. The van der Waals surface area contributed by atoms with Crippen molar-refractivity contribution in [2.45, 2.75) is 19.8 Å². The van der Waals surface area contributed by atoms with Crippen LogP contribution in [0.1, 0.15) is 28.7 Å². The minimum absolute atomic E-state index is 0.000433. The second-order valence-electron chi connectivity index (χ2n) is 6.28. The highest BCUT2D eigenvalue weighted by molar-refractivity contribution is 6.07. The van der Waals surface area contributed by atoms with Crippen LogP contribution in [0.3, 0.4) is 0 Å². The van der Waals surface area contributed by atoms with Crippen molar-refractivity contribution in [2.75, 3.05) is 18.6 Å². The quantitative estimate of drug-likeness (QED) is 0.724. The highest BCUT2D eigenvalue weighted by atomic mass is 16.5. The lowest BCUT2D eigenvalue weighted by atomic mass is 10.0. The molecule has 0 fully saturated rings. The average molecular weight is 347 g/mol. The van der Waals surface area contributed by atoms with Gasteiger partial charge in [0, 0.05) is 17.8 Å². The molecule has 0 saturated heterocycles. The number of aryl methyl sites for hydroxylation is 1. The van der Waals surface area contributed by atoms with Crippen LogP contribution in [0, 0.1) is 0 Å². The number of para-hydroxylation sites is 1. The van der Waals surface area contributed by atoms with Crippen LogP contribution in [0.2, 0.25) is 0 Å². The van der Waals surface area contributed by atoms with E-state index in [-0.39, 0.29) is 5.91 Å². The van der Waals surface area contributed by atoms with E-state index < -0.39 is 0 Å². The van der Waals surface area contributed by atoms with Crippen molar-refractivity contribution < 1.29 is 9.53 Å². The van der Waals surface area contributed by atoms with Gasteiger partial charge in [0.05, 0.1) is 18.5 Å². The molecular formula is C21H21N3O2. The molecule has 1 aliphatic rings. The van der Waals surface area contributed by atoms with E-state index in [2.05, 4.69) is 6.92 Å². The summed E-state index contributed by atoms with van der Waals surface area (Å²) in [5.74, 6) is 0.781. The van der Waals surface area contributed by atoms with Gasteiger partial charge in [0.2, 0.25) is 0 Å². The normalized spacial score (nSPS) is 13.6. The number of fused-ring (bicyclic) bond motifs is 1. The molecule has 0 saturated carbocycles. The Hall–Kier alpha value is -3.08. The van der Waals surface area contributed by atoms with Gasteiger partial charge in [-0.05, 0) is 49.2 Å². The van der Waals surface area contributed by atoms with E-state index in [4.69, 9.17) is 9.84 Å². The van der Waals surface area contributed by atoms with Gasteiger partial charge in [0.15, 0.2) is 0 Å². The maximum atomic E-state index is 13.3. The first-order valence-electron chi connectivity index (χ1n) is 8.85. The molecule has 132 valence electrons. The molecule has 0 N–H and O–H groups in total. The molecule has 1 aliphatic heterocycles. The number of carbonyl (C=O) groups excluding carboxylic acids is 1. The topological polar surface area (TPSA) is 47.4 Å². The fourth-order valence-corrected chi connectivity index (χ4v) is 3.48. The zero-order valence-corrected chi connectivity index (χ0v) is 15.0. The molecule has 5 heteroatoms. The van der Waals surface area contributed by atoms with E-state index in [1.165, 1.54) is 0 Å². The number of ether oxygens (including phenoxy) is 1. The zero-order valence-electron chi connectivity index (χ0n) is 15.0. The van der Waals surface area contributed by atoms with Crippen molar-refractivity contribution >= 4 is 11.6 Å². The Balaban J connectivity index is 1.81. The Bertz CT molecular complexity index is 930. The van der Waals surface area contributed by atoms with E-state index in [9.17, 15) is 4.79 Å². The maximum Gasteiger partial charge on any atom is 0.277 e. The van der Waals surface area contributed by atoms with Crippen LogP contribution in [0.5, 0.6) is 5.75 Å². The summed E-state index contributed by atoms with van der Waals surface area (Å²) in [5, 5.41) is 4.74. The average Bonchev–Trinajstić information content (AvgIpc) is 3.08. The van der Waals surface area contributed by atoms with Crippen LogP contribution < -0.4 is 9.64 Å². The predicted molar refractivity (Wildman–Crippen MR) is 101 cm³/mol. The molecule has 2 aromatic carbocycles. The van der Waals surface area contributed by atoms with Gasteiger partial charge < -0.3 is 9.64 Å². The van der Waals surface area contributed by atoms with Crippen molar-refractivity contribution in [1.29, 1.82) is 0 Å². The van der Waals surface area contributed by atoms with Gasteiger partial charge in [0.25, 0.3) is 5.91 Å². The van der Waals surface area contributed by atoms with E-state index in [1.54, 1.807) is 11.8 Å². The second-order valence-corrected chi connectivity index (χ2v) is 6.28. The number of aromatic nitrogens is 2. The van der Waals surface area contributed by atoms with Crippen LogP contribution in [0.4, 0.5) is 5.69 Å². The Morgan fingerprint density at radius 2 is 1.77 bits per heavy atom. The third kappa shape index (κ3) is 2.65. The molecule has 3 aromatic rings. The van der Waals surface area contributed by atoms with Gasteiger partial charge >= 0.3 is 0 Å². The number of hydrogen-bond acceptors (Lipinski definition) is 3. The number of benzene rings is 2. The molecule has 0 aliphatic carbocycles. The summed E-state index contributed by atoms with van der Waals surface area (Å²) >= 11 is 0. The number of amides is 1. The highest BCUT2D eigenvalue weighted by Gasteiger charge is 2.32. The summed E-state index contributed by atoms with van der Waals surface area (Å²) in [7, 11) is 1.64. The van der Waals surface area contributed by atoms with Crippen molar-refractivity contribution in [3.8, 4) is 11.4 Å². The molecule has 0 unspecified atom stereocenters. The second kappa shape index (κ2) is 6.67. The lowest BCUT2D eigenvalue weighted by Gasteiger charge is -2.27. The SMILES string of the molecule is CCc1nn(-c2ccc(OC)cc2)c2c1CCN(c1ccccc1)C2=O. The van der Waals surface area contributed by atoms with E-state index in [0.717, 1.165) is 41.2 Å². The molecule has 4 rings (SSSR count). The Kier molecular flexibility index (Phi) is 4.21. The molecule has 1 aromatic heterocycles. The molecular weight excluding hydrogens is 326 g/mol. The lowest BCUT2D eigenvalue weighted by molar-refractivity contribution is 0.0973. The van der Waals surface area contributed by atoms with E-state index in [0.29, 0.717) is 12.2 Å². The number of hydrogen-bond donors (Lipinski definition) is 0. The first-order chi connectivity index (χ1) is 12.7. The third-order valence-electron chi connectivity index (χ3n) is 4.82. The number of methoxy groups -OCH3 is 1. The molecule has 0 atom stereocenters. The number of anilines is 1. The lowest BCUT2D eigenvalue weighted by Crippen LogP contribution is -2.38. The number of carbonyl (C=O) groups is 1. The molecule has 0 bridgehead atoms. The summed E-state index contributed by atoms with van der Waals surface area (Å²) in [4.78, 5) is 15.1. The van der Waals surface area contributed by atoms with E-state index in [1.807, 2.05) is 59.5 Å². The fraction of sp³-hybridized carbons (Fsp3) is 0.238. The smallest absolute Gasteiger partial charge is 0.277 e. The Labute approximate surface area is 152 Å².